The molecule has 0 saturated heterocycles. The molecule has 0 aromatic heterocycles. The first-order chi connectivity index (χ1) is 11.9. The fraction of sp³-hybridized carbons (Fsp3) is 0.125. The van der Waals surface area contributed by atoms with Gasteiger partial charge in [0.05, 0.1) is 17.7 Å². The molecule has 2 aromatic carbocycles. The Bertz CT molecular complexity index is 839. The molecule has 2 rings (SSSR count). The summed E-state index contributed by atoms with van der Waals surface area (Å²) in [6, 6.07) is 9.28. The van der Waals surface area contributed by atoms with Crippen molar-refractivity contribution in [3.63, 3.8) is 0 Å². The highest BCUT2D eigenvalue weighted by atomic mass is 127. The van der Waals surface area contributed by atoms with Crippen LogP contribution in [0.5, 0.6) is 5.75 Å². The van der Waals surface area contributed by atoms with E-state index in [1.807, 2.05) is 25.1 Å². The number of rotatable bonds is 6. The van der Waals surface area contributed by atoms with E-state index in [0.29, 0.717) is 0 Å². The van der Waals surface area contributed by atoms with Gasteiger partial charge in [-0.2, -0.15) is 5.10 Å². The number of aromatic hydroxyl groups is 1. The van der Waals surface area contributed by atoms with Crippen LogP contribution in [0.15, 0.2) is 41.5 Å². The summed E-state index contributed by atoms with van der Waals surface area (Å²) in [5.74, 6) is -0.562. The van der Waals surface area contributed by atoms with Gasteiger partial charge in [0, 0.05) is 27.0 Å². The molecule has 0 spiro atoms. The van der Waals surface area contributed by atoms with Crippen LogP contribution in [-0.4, -0.2) is 28.7 Å². The number of aryl methyl sites for hydroxylation is 1. The number of hydrogen-bond acceptors (Lipinski definition) is 6. The molecule has 3 N–H and O–H groups in total. The van der Waals surface area contributed by atoms with Crippen molar-refractivity contribution in [1.29, 1.82) is 0 Å². The molecule has 0 fully saturated rings. The summed E-state index contributed by atoms with van der Waals surface area (Å²) in [6.07, 6.45) is 1.15. The Morgan fingerprint density at radius 3 is 2.80 bits per heavy atom. The van der Waals surface area contributed by atoms with Crippen LogP contribution in [0.1, 0.15) is 11.1 Å². The third-order valence-electron chi connectivity index (χ3n) is 3.23. The van der Waals surface area contributed by atoms with Crippen LogP contribution in [0.2, 0.25) is 0 Å². The zero-order valence-corrected chi connectivity index (χ0v) is 15.4. The highest BCUT2D eigenvalue weighted by Crippen LogP contribution is 2.21. The minimum Gasteiger partial charge on any atom is -0.507 e. The first kappa shape index (κ1) is 18.6. The number of nitrogens with one attached hydrogen (secondary N) is 2. The van der Waals surface area contributed by atoms with Gasteiger partial charge in [-0.05, 0) is 59.3 Å². The van der Waals surface area contributed by atoms with Gasteiger partial charge in [-0.15, -0.1) is 0 Å². The first-order valence-electron chi connectivity index (χ1n) is 7.16. The van der Waals surface area contributed by atoms with Crippen molar-refractivity contribution in [2.24, 2.45) is 5.10 Å². The maximum atomic E-state index is 11.8. The van der Waals surface area contributed by atoms with Crippen LogP contribution >= 0.6 is 22.6 Å². The molecular weight excluding hydrogens is 439 g/mol. The lowest BCUT2D eigenvalue weighted by Gasteiger charge is -2.07. The second-order valence-corrected chi connectivity index (χ2v) is 6.27. The van der Waals surface area contributed by atoms with Crippen molar-refractivity contribution in [3.8, 4) is 5.75 Å². The van der Waals surface area contributed by atoms with Crippen LogP contribution in [0, 0.1) is 20.6 Å². The van der Waals surface area contributed by atoms with Gasteiger partial charge in [-0.3, -0.25) is 14.9 Å². The van der Waals surface area contributed by atoms with Gasteiger partial charge in [-0.25, -0.2) is 5.43 Å². The molecular formula is C16H15IN4O4. The molecule has 0 bridgehead atoms. The van der Waals surface area contributed by atoms with Crippen molar-refractivity contribution in [2.45, 2.75) is 6.92 Å². The Morgan fingerprint density at radius 2 is 2.12 bits per heavy atom. The number of amides is 1. The zero-order chi connectivity index (χ0) is 18.4. The largest absolute Gasteiger partial charge is 0.507 e. The monoisotopic (exact) mass is 454 g/mol. The number of nitrogens with zero attached hydrogens (tertiary/aromatic N) is 2. The number of anilines is 1. The van der Waals surface area contributed by atoms with E-state index >= 15 is 0 Å². The van der Waals surface area contributed by atoms with Gasteiger partial charge >= 0.3 is 0 Å². The number of benzene rings is 2. The molecule has 0 aliphatic rings. The van der Waals surface area contributed by atoms with Crippen LogP contribution in [0.3, 0.4) is 0 Å². The van der Waals surface area contributed by atoms with Crippen molar-refractivity contribution in [2.75, 3.05) is 11.9 Å². The number of non-ortho nitro benzene ring substituents is 1. The van der Waals surface area contributed by atoms with E-state index in [4.69, 9.17) is 0 Å². The summed E-state index contributed by atoms with van der Waals surface area (Å²) < 4.78 is 1.13. The Hall–Kier alpha value is -2.69. The second kappa shape index (κ2) is 8.42. The molecule has 0 atom stereocenters. The number of halogens is 1. The van der Waals surface area contributed by atoms with E-state index in [1.54, 1.807) is 0 Å². The second-order valence-electron chi connectivity index (χ2n) is 5.11. The first-order valence-corrected chi connectivity index (χ1v) is 8.24. The van der Waals surface area contributed by atoms with Crippen LogP contribution in [0.4, 0.5) is 11.4 Å². The zero-order valence-electron chi connectivity index (χ0n) is 13.2. The summed E-state index contributed by atoms with van der Waals surface area (Å²) in [6.45, 7) is 1.99. The Morgan fingerprint density at radius 1 is 1.36 bits per heavy atom. The number of carbonyl (C=O) groups is 1. The standard InChI is InChI=1S/C16H15IN4O4/c1-10-6-12(2-4-14(10)17)18-9-16(23)20-19-8-11-7-13(21(24)25)3-5-15(11)22/h2-8,18,22H,9H2,1H3,(H,20,23)/b19-8-. The van der Waals surface area contributed by atoms with E-state index < -0.39 is 10.8 Å². The quantitative estimate of drug-likeness (QED) is 0.269. The minimum absolute atomic E-state index is 0.0122. The van der Waals surface area contributed by atoms with E-state index in [1.165, 1.54) is 12.1 Å². The smallest absolute Gasteiger partial charge is 0.270 e. The number of phenols is 1. The van der Waals surface area contributed by atoms with Gasteiger partial charge in [0.15, 0.2) is 0 Å². The fourth-order valence-electron chi connectivity index (χ4n) is 1.91. The van der Waals surface area contributed by atoms with Crippen molar-refractivity contribution < 1.29 is 14.8 Å². The summed E-state index contributed by atoms with van der Waals surface area (Å²) in [7, 11) is 0. The van der Waals surface area contributed by atoms with E-state index in [-0.39, 0.29) is 23.5 Å². The van der Waals surface area contributed by atoms with Gasteiger partial charge in [0.1, 0.15) is 5.75 Å². The third-order valence-corrected chi connectivity index (χ3v) is 4.44. The Kier molecular flexibility index (Phi) is 6.28. The molecule has 0 radical (unpaired) electrons. The predicted molar refractivity (Wildman–Crippen MR) is 103 cm³/mol. The Labute approximate surface area is 157 Å². The highest BCUT2D eigenvalue weighted by Gasteiger charge is 2.09. The summed E-state index contributed by atoms with van der Waals surface area (Å²) in [5.41, 5.74) is 4.16. The maximum Gasteiger partial charge on any atom is 0.270 e. The van der Waals surface area contributed by atoms with Crippen molar-refractivity contribution in [1.82, 2.24) is 5.43 Å². The van der Waals surface area contributed by atoms with E-state index in [9.17, 15) is 20.0 Å². The molecule has 0 saturated carbocycles. The number of nitro groups is 1. The topological polar surface area (TPSA) is 117 Å². The highest BCUT2D eigenvalue weighted by molar-refractivity contribution is 14.1. The lowest BCUT2D eigenvalue weighted by molar-refractivity contribution is -0.384. The lowest BCUT2D eigenvalue weighted by Crippen LogP contribution is -2.25. The maximum absolute atomic E-state index is 11.8. The molecule has 0 aliphatic carbocycles. The molecule has 0 aliphatic heterocycles. The van der Waals surface area contributed by atoms with Gasteiger partial charge < -0.3 is 10.4 Å². The molecule has 1 amide bonds. The Balaban J connectivity index is 1.91. The average molecular weight is 454 g/mol. The van der Waals surface area contributed by atoms with Crippen LogP contribution in [0.25, 0.3) is 0 Å². The number of carbonyl (C=O) groups excluding carboxylic acids is 1. The molecule has 2 aromatic rings. The molecule has 130 valence electrons. The number of hydrazone groups is 1. The molecule has 0 heterocycles. The van der Waals surface area contributed by atoms with Crippen LogP contribution < -0.4 is 10.7 Å². The van der Waals surface area contributed by atoms with Crippen molar-refractivity contribution >= 4 is 46.1 Å². The van der Waals surface area contributed by atoms with Gasteiger partial charge in [0.25, 0.3) is 11.6 Å². The van der Waals surface area contributed by atoms with Crippen molar-refractivity contribution in [3.05, 3.63) is 61.2 Å². The fourth-order valence-corrected chi connectivity index (χ4v) is 2.24. The molecule has 9 heteroatoms. The number of phenolic OH excluding ortho intramolecular Hbond substituents is 1. The normalized spacial score (nSPS) is 10.6. The molecule has 0 unspecified atom stereocenters. The van der Waals surface area contributed by atoms with E-state index in [0.717, 1.165) is 27.1 Å². The van der Waals surface area contributed by atoms with Gasteiger partial charge in [-0.1, -0.05) is 0 Å². The van der Waals surface area contributed by atoms with Gasteiger partial charge in [0.2, 0.25) is 0 Å². The lowest BCUT2D eigenvalue weighted by atomic mass is 10.2. The summed E-state index contributed by atoms with van der Waals surface area (Å²) >= 11 is 2.23. The summed E-state index contributed by atoms with van der Waals surface area (Å²) in [5, 5.41) is 27.0. The molecule has 25 heavy (non-hydrogen) atoms. The predicted octanol–water partition coefficient (Wildman–Crippen LogP) is 2.78. The SMILES string of the molecule is Cc1cc(NCC(=O)N/N=C\c2cc([N+](=O)[O-])ccc2O)ccc1I. The van der Waals surface area contributed by atoms with Crippen LogP contribution in [-0.2, 0) is 4.79 Å². The number of hydrogen-bond donors (Lipinski definition) is 3. The molecule has 8 nitrogen and oxygen atoms in total. The third kappa shape index (κ3) is 5.41. The summed E-state index contributed by atoms with van der Waals surface area (Å²) in [4.78, 5) is 21.9. The number of nitro benzene ring substituents is 1. The average Bonchev–Trinajstić information content (AvgIpc) is 2.57. The van der Waals surface area contributed by atoms with E-state index in [2.05, 4.69) is 38.4 Å². The minimum atomic E-state index is -0.581.